The Hall–Kier alpha value is -2.40. The molecule has 2 aromatic carbocycles. The SMILES string of the molecule is CCOC(=O)Cn1c(=NC(=O)c2ccccc2I)sc2cc3c(cc21)OCO3. The second-order valence-corrected chi connectivity index (χ2v) is 8.02. The first-order valence-electron chi connectivity index (χ1n) is 8.49. The molecular formula is C19H15IN2O5S. The molecule has 1 aromatic heterocycles. The Bertz CT molecular complexity index is 1150. The zero-order valence-electron chi connectivity index (χ0n) is 14.8. The van der Waals surface area contributed by atoms with Gasteiger partial charge in [0.15, 0.2) is 16.3 Å². The van der Waals surface area contributed by atoms with Crippen LogP contribution in [0.2, 0.25) is 0 Å². The Morgan fingerprint density at radius 2 is 2.00 bits per heavy atom. The molecule has 0 spiro atoms. The number of carbonyl (C=O) groups is 2. The number of carbonyl (C=O) groups excluding carboxylic acids is 2. The van der Waals surface area contributed by atoms with Gasteiger partial charge in [-0.05, 0) is 41.6 Å². The molecule has 0 saturated carbocycles. The van der Waals surface area contributed by atoms with Gasteiger partial charge in [0.05, 0.1) is 22.4 Å². The molecule has 0 unspecified atom stereocenters. The van der Waals surface area contributed by atoms with E-state index in [4.69, 9.17) is 14.2 Å². The van der Waals surface area contributed by atoms with Gasteiger partial charge in [-0.3, -0.25) is 9.59 Å². The first-order valence-corrected chi connectivity index (χ1v) is 10.4. The number of aromatic nitrogens is 1. The minimum atomic E-state index is -0.400. The highest BCUT2D eigenvalue weighted by atomic mass is 127. The number of rotatable bonds is 4. The first kappa shape index (κ1) is 18.9. The van der Waals surface area contributed by atoms with Crippen molar-refractivity contribution in [1.82, 2.24) is 4.57 Å². The minimum Gasteiger partial charge on any atom is -0.465 e. The monoisotopic (exact) mass is 510 g/mol. The van der Waals surface area contributed by atoms with Crippen LogP contribution in [0.1, 0.15) is 17.3 Å². The van der Waals surface area contributed by atoms with Crippen molar-refractivity contribution < 1.29 is 23.8 Å². The van der Waals surface area contributed by atoms with E-state index in [0.29, 0.717) is 21.9 Å². The fourth-order valence-corrected chi connectivity index (χ4v) is 4.47. The van der Waals surface area contributed by atoms with Crippen LogP contribution in [0.3, 0.4) is 0 Å². The summed E-state index contributed by atoms with van der Waals surface area (Å²) in [4.78, 5) is 29.6. The minimum absolute atomic E-state index is 0.0501. The number of halogens is 1. The number of hydrogen-bond donors (Lipinski definition) is 0. The molecule has 0 fully saturated rings. The molecule has 144 valence electrons. The average molecular weight is 510 g/mol. The number of amides is 1. The van der Waals surface area contributed by atoms with Crippen LogP contribution >= 0.6 is 33.9 Å². The molecule has 1 aliphatic rings. The zero-order valence-corrected chi connectivity index (χ0v) is 17.8. The molecule has 1 amide bonds. The van der Waals surface area contributed by atoms with Gasteiger partial charge < -0.3 is 18.8 Å². The van der Waals surface area contributed by atoms with Crippen LogP contribution in [0.25, 0.3) is 10.2 Å². The summed E-state index contributed by atoms with van der Waals surface area (Å²) in [5.41, 5.74) is 1.24. The highest BCUT2D eigenvalue weighted by molar-refractivity contribution is 14.1. The van der Waals surface area contributed by atoms with E-state index in [-0.39, 0.29) is 25.9 Å². The maximum atomic E-state index is 12.7. The molecule has 4 rings (SSSR count). The molecule has 0 saturated heterocycles. The predicted molar refractivity (Wildman–Crippen MR) is 112 cm³/mol. The standard InChI is InChI=1S/C19H15IN2O5S/c1-2-25-17(23)9-22-13-7-14-15(27-10-26-14)8-16(13)28-19(22)21-18(24)11-5-3-4-6-12(11)20/h3-8H,2,9-10H2,1H3. The van der Waals surface area contributed by atoms with E-state index < -0.39 is 5.97 Å². The Balaban J connectivity index is 1.85. The van der Waals surface area contributed by atoms with E-state index in [1.165, 1.54) is 11.3 Å². The number of fused-ring (bicyclic) bond motifs is 2. The Labute approximate surface area is 177 Å². The molecule has 3 aromatic rings. The third-order valence-electron chi connectivity index (χ3n) is 4.07. The molecule has 0 aliphatic carbocycles. The Morgan fingerprint density at radius 3 is 2.75 bits per heavy atom. The lowest BCUT2D eigenvalue weighted by atomic mass is 10.2. The van der Waals surface area contributed by atoms with E-state index in [1.54, 1.807) is 29.7 Å². The van der Waals surface area contributed by atoms with Crippen molar-refractivity contribution in [2.75, 3.05) is 13.4 Å². The van der Waals surface area contributed by atoms with Crippen molar-refractivity contribution in [2.24, 2.45) is 4.99 Å². The van der Waals surface area contributed by atoms with Crippen molar-refractivity contribution in [3.8, 4) is 11.5 Å². The van der Waals surface area contributed by atoms with Crippen molar-refractivity contribution in [3.63, 3.8) is 0 Å². The molecule has 0 N–H and O–H groups in total. The van der Waals surface area contributed by atoms with E-state index in [2.05, 4.69) is 27.6 Å². The second-order valence-electron chi connectivity index (χ2n) is 5.85. The fraction of sp³-hybridized carbons (Fsp3) is 0.211. The third kappa shape index (κ3) is 3.63. The summed E-state index contributed by atoms with van der Waals surface area (Å²) in [6, 6.07) is 10.9. The van der Waals surface area contributed by atoms with Gasteiger partial charge in [-0.2, -0.15) is 4.99 Å². The number of benzene rings is 2. The maximum absolute atomic E-state index is 12.7. The van der Waals surface area contributed by atoms with Crippen molar-refractivity contribution in [1.29, 1.82) is 0 Å². The first-order chi connectivity index (χ1) is 13.6. The summed E-state index contributed by atoms with van der Waals surface area (Å²) in [6.07, 6.45) is 0. The fourth-order valence-electron chi connectivity index (χ4n) is 2.82. The van der Waals surface area contributed by atoms with E-state index in [9.17, 15) is 9.59 Å². The van der Waals surface area contributed by atoms with Gasteiger partial charge in [0.1, 0.15) is 6.54 Å². The van der Waals surface area contributed by atoms with Crippen LogP contribution in [0, 0.1) is 3.57 Å². The third-order valence-corrected chi connectivity index (χ3v) is 6.05. The van der Waals surface area contributed by atoms with Crippen LogP contribution in [-0.4, -0.2) is 29.8 Å². The predicted octanol–water partition coefficient (Wildman–Crippen LogP) is 3.34. The van der Waals surface area contributed by atoms with Crippen LogP contribution < -0.4 is 14.3 Å². The van der Waals surface area contributed by atoms with Crippen molar-refractivity contribution >= 4 is 56.0 Å². The molecular weight excluding hydrogens is 495 g/mol. The summed E-state index contributed by atoms with van der Waals surface area (Å²) in [6.45, 7) is 2.14. The highest BCUT2D eigenvalue weighted by Gasteiger charge is 2.19. The molecule has 0 radical (unpaired) electrons. The van der Waals surface area contributed by atoms with Gasteiger partial charge in [-0.25, -0.2) is 0 Å². The topological polar surface area (TPSA) is 79.1 Å². The lowest BCUT2D eigenvalue weighted by Crippen LogP contribution is -2.23. The van der Waals surface area contributed by atoms with Gasteiger partial charge in [0.2, 0.25) is 6.79 Å². The number of ether oxygens (including phenoxy) is 3. The van der Waals surface area contributed by atoms with Gasteiger partial charge in [0.25, 0.3) is 5.91 Å². The number of esters is 1. The molecule has 28 heavy (non-hydrogen) atoms. The quantitative estimate of drug-likeness (QED) is 0.398. The molecule has 9 heteroatoms. The van der Waals surface area contributed by atoms with Crippen molar-refractivity contribution in [2.45, 2.75) is 13.5 Å². The van der Waals surface area contributed by atoms with Crippen LogP contribution in [0.4, 0.5) is 0 Å². The summed E-state index contributed by atoms with van der Waals surface area (Å²) >= 11 is 3.41. The Kier molecular flexibility index (Phi) is 5.36. The van der Waals surface area contributed by atoms with E-state index in [1.807, 2.05) is 18.2 Å². The molecule has 1 aliphatic heterocycles. The number of hydrogen-bond acceptors (Lipinski definition) is 6. The van der Waals surface area contributed by atoms with Gasteiger partial charge in [-0.1, -0.05) is 23.5 Å². The summed E-state index contributed by atoms with van der Waals surface area (Å²) in [5.74, 6) is 0.461. The average Bonchev–Trinajstić information content (AvgIpc) is 3.25. The van der Waals surface area contributed by atoms with Gasteiger partial charge in [0, 0.05) is 15.7 Å². The summed E-state index contributed by atoms with van der Waals surface area (Å²) in [7, 11) is 0. The zero-order chi connectivity index (χ0) is 19.7. The number of nitrogens with zero attached hydrogens (tertiary/aromatic N) is 2. The van der Waals surface area contributed by atoms with Crippen LogP contribution in [-0.2, 0) is 16.1 Å². The van der Waals surface area contributed by atoms with Crippen LogP contribution in [0.15, 0.2) is 41.4 Å². The molecule has 7 nitrogen and oxygen atoms in total. The van der Waals surface area contributed by atoms with Crippen LogP contribution in [0.5, 0.6) is 11.5 Å². The molecule has 0 atom stereocenters. The lowest BCUT2D eigenvalue weighted by Gasteiger charge is -2.06. The Morgan fingerprint density at radius 1 is 1.25 bits per heavy atom. The summed E-state index contributed by atoms with van der Waals surface area (Å²) < 4.78 is 19.3. The second kappa shape index (κ2) is 7.92. The number of thiazole rings is 1. The highest BCUT2D eigenvalue weighted by Crippen LogP contribution is 2.37. The van der Waals surface area contributed by atoms with Gasteiger partial charge >= 0.3 is 5.97 Å². The van der Waals surface area contributed by atoms with E-state index >= 15 is 0 Å². The maximum Gasteiger partial charge on any atom is 0.326 e. The van der Waals surface area contributed by atoms with E-state index in [0.717, 1.165) is 13.8 Å². The molecule has 2 heterocycles. The van der Waals surface area contributed by atoms with Gasteiger partial charge in [-0.15, -0.1) is 0 Å². The van der Waals surface area contributed by atoms with Crippen molar-refractivity contribution in [3.05, 3.63) is 50.3 Å². The normalized spacial score (nSPS) is 13.1. The summed E-state index contributed by atoms with van der Waals surface area (Å²) in [5, 5.41) is 0. The smallest absolute Gasteiger partial charge is 0.326 e. The largest absolute Gasteiger partial charge is 0.465 e. The lowest BCUT2D eigenvalue weighted by molar-refractivity contribution is -0.143. The molecule has 0 bridgehead atoms.